The van der Waals surface area contributed by atoms with Crippen molar-refractivity contribution >= 4 is 11.6 Å². The molecule has 0 aliphatic carbocycles. The van der Waals surface area contributed by atoms with Crippen LogP contribution in [0.1, 0.15) is 50.4 Å². The van der Waals surface area contributed by atoms with Crippen LogP contribution in [0.15, 0.2) is 29.1 Å². The van der Waals surface area contributed by atoms with Gasteiger partial charge in [-0.15, -0.1) is 0 Å². The van der Waals surface area contributed by atoms with Gasteiger partial charge < -0.3 is 9.80 Å². The van der Waals surface area contributed by atoms with E-state index < -0.39 is 0 Å². The molecule has 1 aromatic carbocycles. The van der Waals surface area contributed by atoms with Crippen LogP contribution in [-0.4, -0.2) is 47.6 Å². The van der Waals surface area contributed by atoms with E-state index in [2.05, 4.69) is 64.7 Å². The van der Waals surface area contributed by atoms with Gasteiger partial charge in [0, 0.05) is 57.1 Å². The smallest absolute Gasteiger partial charge is 0.255 e. The molecule has 0 radical (unpaired) electrons. The van der Waals surface area contributed by atoms with Crippen LogP contribution in [0.4, 0.5) is 11.6 Å². The molecule has 3 heterocycles. The van der Waals surface area contributed by atoms with E-state index in [4.69, 9.17) is 4.98 Å². The standard InChI is InChI=1S/C24H35N5O/c1-4-28(5-2)20-10-8-19(9-11-20)16-27-14-12-21-22(17-27)25-24(26-23(21)30)29-13-6-7-18(3)15-29/h8-11,18H,4-7,12-17H2,1-3H3,(H,25,26,30)/t18-/m0/s1. The lowest BCUT2D eigenvalue weighted by molar-refractivity contribution is 0.240. The molecule has 1 atom stereocenters. The van der Waals surface area contributed by atoms with Crippen LogP contribution < -0.4 is 15.4 Å². The van der Waals surface area contributed by atoms with Crippen LogP contribution in [0.25, 0.3) is 0 Å². The van der Waals surface area contributed by atoms with E-state index in [0.29, 0.717) is 5.92 Å². The molecule has 0 bridgehead atoms. The third-order valence-corrected chi connectivity index (χ3v) is 6.57. The van der Waals surface area contributed by atoms with Crippen molar-refractivity contribution in [2.24, 2.45) is 5.92 Å². The third kappa shape index (κ3) is 4.53. The van der Waals surface area contributed by atoms with Crippen LogP contribution in [0.2, 0.25) is 0 Å². The Bertz CT molecular complexity index is 903. The van der Waals surface area contributed by atoms with E-state index in [-0.39, 0.29) is 5.56 Å². The van der Waals surface area contributed by atoms with Crippen molar-refractivity contribution in [1.82, 2.24) is 14.9 Å². The van der Waals surface area contributed by atoms with Crippen molar-refractivity contribution in [3.05, 3.63) is 51.4 Å². The monoisotopic (exact) mass is 409 g/mol. The molecule has 0 saturated carbocycles. The molecule has 1 fully saturated rings. The number of nitrogens with zero attached hydrogens (tertiary/aromatic N) is 4. The Hall–Kier alpha value is -2.34. The lowest BCUT2D eigenvalue weighted by Gasteiger charge is -2.33. The molecule has 1 N–H and O–H groups in total. The van der Waals surface area contributed by atoms with Crippen LogP contribution in [0, 0.1) is 5.92 Å². The average Bonchev–Trinajstić information content (AvgIpc) is 2.75. The number of hydrogen-bond acceptors (Lipinski definition) is 5. The highest BCUT2D eigenvalue weighted by atomic mass is 16.1. The Morgan fingerprint density at radius 2 is 1.93 bits per heavy atom. The molecular formula is C24H35N5O. The first-order valence-corrected chi connectivity index (χ1v) is 11.5. The van der Waals surface area contributed by atoms with Crippen molar-refractivity contribution in [3.63, 3.8) is 0 Å². The summed E-state index contributed by atoms with van der Waals surface area (Å²) in [6.07, 6.45) is 3.19. The molecule has 0 amide bonds. The second-order valence-corrected chi connectivity index (χ2v) is 8.81. The molecule has 6 heteroatoms. The fraction of sp³-hybridized carbons (Fsp3) is 0.583. The molecule has 1 saturated heterocycles. The molecule has 6 nitrogen and oxygen atoms in total. The number of aromatic amines is 1. The van der Waals surface area contributed by atoms with Gasteiger partial charge in [0.2, 0.25) is 5.95 Å². The van der Waals surface area contributed by atoms with Crippen LogP contribution in [0.5, 0.6) is 0 Å². The number of nitrogens with one attached hydrogen (secondary N) is 1. The minimum absolute atomic E-state index is 0.0523. The van der Waals surface area contributed by atoms with Gasteiger partial charge in [0.15, 0.2) is 0 Å². The molecule has 1 aromatic heterocycles. The molecule has 162 valence electrons. The van der Waals surface area contributed by atoms with Crippen LogP contribution in [-0.2, 0) is 19.5 Å². The summed E-state index contributed by atoms with van der Waals surface area (Å²) in [5.41, 5.74) is 4.47. The van der Waals surface area contributed by atoms with Gasteiger partial charge in [-0.25, -0.2) is 4.98 Å². The van der Waals surface area contributed by atoms with Gasteiger partial charge in [-0.1, -0.05) is 19.1 Å². The number of aromatic nitrogens is 2. The molecule has 2 aliphatic heterocycles. The summed E-state index contributed by atoms with van der Waals surface area (Å²) >= 11 is 0. The van der Waals surface area contributed by atoms with Gasteiger partial charge in [-0.3, -0.25) is 14.7 Å². The summed E-state index contributed by atoms with van der Waals surface area (Å²) in [6.45, 7) is 13.2. The second-order valence-electron chi connectivity index (χ2n) is 8.81. The summed E-state index contributed by atoms with van der Waals surface area (Å²) in [5.74, 6) is 1.41. The Balaban J connectivity index is 1.47. The van der Waals surface area contributed by atoms with Crippen molar-refractivity contribution in [2.75, 3.05) is 42.5 Å². The zero-order chi connectivity index (χ0) is 21.1. The lowest BCUT2D eigenvalue weighted by Crippen LogP contribution is -2.39. The Labute approximate surface area is 179 Å². The first-order valence-electron chi connectivity index (χ1n) is 11.5. The van der Waals surface area contributed by atoms with E-state index in [9.17, 15) is 4.79 Å². The second kappa shape index (κ2) is 9.21. The van der Waals surface area contributed by atoms with Gasteiger partial charge in [0.25, 0.3) is 5.56 Å². The molecule has 2 aromatic rings. The number of benzene rings is 1. The number of piperidine rings is 1. The zero-order valence-corrected chi connectivity index (χ0v) is 18.7. The summed E-state index contributed by atoms with van der Waals surface area (Å²) in [4.78, 5) is 27.7. The molecule has 0 unspecified atom stereocenters. The van der Waals surface area contributed by atoms with Crippen molar-refractivity contribution in [3.8, 4) is 0 Å². The maximum absolute atomic E-state index is 12.7. The van der Waals surface area contributed by atoms with Gasteiger partial charge in [0.1, 0.15) is 0 Å². The van der Waals surface area contributed by atoms with Gasteiger partial charge >= 0.3 is 0 Å². The quantitative estimate of drug-likeness (QED) is 0.792. The average molecular weight is 410 g/mol. The normalized spacial score (nSPS) is 19.6. The highest BCUT2D eigenvalue weighted by Gasteiger charge is 2.24. The van der Waals surface area contributed by atoms with Crippen molar-refractivity contribution in [1.29, 1.82) is 0 Å². The third-order valence-electron chi connectivity index (χ3n) is 6.57. The first kappa shape index (κ1) is 20.9. The zero-order valence-electron chi connectivity index (χ0n) is 18.7. The number of rotatable bonds is 6. The Morgan fingerprint density at radius 3 is 2.63 bits per heavy atom. The number of fused-ring (bicyclic) bond motifs is 1. The predicted molar refractivity (Wildman–Crippen MR) is 123 cm³/mol. The van der Waals surface area contributed by atoms with E-state index >= 15 is 0 Å². The predicted octanol–water partition coefficient (Wildman–Crippen LogP) is 3.41. The maximum Gasteiger partial charge on any atom is 0.255 e. The highest BCUT2D eigenvalue weighted by Crippen LogP contribution is 2.23. The van der Waals surface area contributed by atoms with Gasteiger partial charge in [0.05, 0.1) is 5.69 Å². The van der Waals surface area contributed by atoms with Crippen LogP contribution >= 0.6 is 0 Å². The minimum atomic E-state index is 0.0523. The highest BCUT2D eigenvalue weighted by molar-refractivity contribution is 5.47. The molecule has 4 rings (SSSR count). The topological polar surface area (TPSA) is 55.5 Å². The Morgan fingerprint density at radius 1 is 1.17 bits per heavy atom. The summed E-state index contributed by atoms with van der Waals surface area (Å²) in [6, 6.07) is 8.90. The lowest BCUT2D eigenvalue weighted by atomic mass is 10.0. The number of anilines is 2. The maximum atomic E-state index is 12.7. The summed E-state index contributed by atoms with van der Waals surface area (Å²) in [7, 11) is 0. The van der Waals surface area contributed by atoms with Crippen molar-refractivity contribution in [2.45, 2.75) is 53.1 Å². The SMILES string of the molecule is CCN(CC)c1ccc(CN2CCc3c(nc(N4CCC[C@H](C)C4)[nH]c3=O)C2)cc1. The van der Waals surface area contributed by atoms with Crippen LogP contribution in [0.3, 0.4) is 0 Å². The minimum Gasteiger partial charge on any atom is -0.372 e. The molecule has 0 spiro atoms. The number of hydrogen-bond donors (Lipinski definition) is 1. The van der Waals surface area contributed by atoms with E-state index in [1.165, 1.54) is 17.7 Å². The van der Waals surface area contributed by atoms with Gasteiger partial charge in [-0.05, 0) is 56.7 Å². The molecular weight excluding hydrogens is 374 g/mol. The molecule has 30 heavy (non-hydrogen) atoms. The Kier molecular flexibility index (Phi) is 6.42. The fourth-order valence-corrected chi connectivity index (χ4v) is 4.81. The summed E-state index contributed by atoms with van der Waals surface area (Å²) < 4.78 is 0. The van der Waals surface area contributed by atoms with Gasteiger partial charge in [-0.2, -0.15) is 0 Å². The van der Waals surface area contributed by atoms with E-state index in [0.717, 1.165) is 75.9 Å². The largest absolute Gasteiger partial charge is 0.372 e. The van der Waals surface area contributed by atoms with Crippen molar-refractivity contribution < 1.29 is 0 Å². The van der Waals surface area contributed by atoms with E-state index in [1.807, 2.05) is 0 Å². The molecule has 2 aliphatic rings. The van der Waals surface area contributed by atoms with E-state index in [1.54, 1.807) is 0 Å². The first-order chi connectivity index (χ1) is 14.6. The fourth-order valence-electron chi connectivity index (χ4n) is 4.81. The number of H-pyrrole nitrogens is 1. The summed E-state index contributed by atoms with van der Waals surface area (Å²) in [5, 5.41) is 0.